The number of hydrogen-bond acceptors (Lipinski definition) is 4. The summed E-state index contributed by atoms with van der Waals surface area (Å²) in [6.45, 7) is 2.64. The van der Waals surface area contributed by atoms with Crippen LogP contribution in [-0.2, 0) is 14.3 Å². The fourth-order valence-corrected chi connectivity index (χ4v) is 3.31. The standard InChI is InChI=1S/C17H23N3O3/c1-23-12-17(8-9-18-11-17)16(22)19-13-4-6-14(7-5-13)20-10-2-3-15(20)21/h4-7,18H,2-3,8-12H2,1H3,(H,19,22). The highest BCUT2D eigenvalue weighted by atomic mass is 16.5. The Bertz CT molecular complexity index is 579. The molecule has 2 heterocycles. The zero-order valence-corrected chi connectivity index (χ0v) is 13.4. The van der Waals surface area contributed by atoms with Gasteiger partial charge in [0.15, 0.2) is 0 Å². The van der Waals surface area contributed by atoms with Gasteiger partial charge in [-0.1, -0.05) is 0 Å². The number of anilines is 2. The highest BCUT2D eigenvalue weighted by Crippen LogP contribution is 2.29. The second-order valence-corrected chi connectivity index (χ2v) is 6.29. The number of hydrogen-bond donors (Lipinski definition) is 2. The van der Waals surface area contributed by atoms with Gasteiger partial charge in [0.2, 0.25) is 11.8 Å². The van der Waals surface area contributed by atoms with Gasteiger partial charge in [0.25, 0.3) is 0 Å². The zero-order chi connectivity index (χ0) is 16.3. The second kappa shape index (κ2) is 6.68. The molecule has 23 heavy (non-hydrogen) atoms. The Kier molecular flexibility index (Phi) is 4.63. The Labute approximate surface area is 136 Å². The van der Waals surface area contributed by atoms with Gasteiger partial charge >= 0.3 is 0 Å². The molecule has 1 aromatic rings. The maximum Gasteiger partial charge on any atom is 0.234 e. The number of methoxy groups -OCH3 is 1. The lowest BCUT2D eigenvalue weighted by Crippen LogP contribution is -2.41. The first-order valence-electron chi connectivity index (χ1n) is 8.06. The SMILES string of the molecule is COCC1(C(=O)Nc2ccc(N3CCCC3=O)cc2)CCNC1. The van der Waals surface area contributed by atoms with Crippen LogP contribution in [-0.4, -0.2) is 45.2 Å². The number of nitrogens with zero attached hydrogens (tertiary/aromatic N) is 1. The lowest BCUT2D eigenvalue weighted by atomic mass is 9.87. The molecule has 1 unspecified atom stereocenters. The largest absolute Gasteiger partial charge is 0.384 e. The Balaban J connectivity index is 1.68. The fourth-order valence-electron chi connectivity index (χ4n) is 3.31. The molecule has 2 saturated heterocycles. The molecular formula is C17H23N3O3. The van der Waals surface area contributed by atoms with Crippen LogP contribution in [0, 0.1) is 5.41 Å². The van der Waals surface area contributed by atoms with E-state index in [1.807, 2.05) is 24.3 Å². The average Bonchev–Trinajstić information content (AvgIpc) is 3.18. The van der Waals surface area contributed by atoms with E-state index in [1.54, 1.807) is 12.0 Å². The number of carbonyl (C=O) groups excluding carboxylic acids is 2. The molecule has 6 nitrogen and oxygen atoms in total. The molecule has 0 spiro atoms. The number of nitrogens with one attached hydrogen (secondary N) is 2. The first kappa shape index (κ1) is 16.0. The van der Waals surface area contributed by atoms with Crippen LogP contribution in [0.3, 0.4) is 0 Å². The summed E-state index contributed by atoms with van der Waals surface area (Å²) in [6.07, 6.45) is 2.29. The number of rotatable bonds is 5. The molecule has 0 aliphatic carbocycles. The molecule has 1 atom stereocenters. The van der Waals surface area contributed by atoms with Crippen molar-refractivity contribution >= 4 is 23.2 Å². The predicted octanol–water partition coefficient (Wildman–Crippen LogP) is 1.38. The molecule has 0 radical (unpaired) electrons. The molecule has 2 amide bonds. The second-order valence-electron chi connectivity index (χ2n) is 6.29. The number of ether oxygens (including phenoxy) is 1. The summed E-state index contributed by atoms with van der Waals surface area (Å²) >= 11 is 0. The first-order chi connectivity index (χ1) is 11.1. The van der Waals surface area contributed by atoms with E-state index < -0.39 is 5.41 Å². The van der Waals surface area contributed by atoms with Crippen LogP contribution in [0.1, 0.15) is 19.3 Å². The Morgan fingerprint density at radius 3 is 2.74 bits per heavy atom. The Hall–Kier alpha value is -1.92. The molecule has 2 aliphatic rings. The number of benzene rings is 1. The normalized spacial score (nSPS) is 24.2. The van der Waals surface area contributed by atoms with Crippen LogP contribution in [0.15, 0.2) is 24.3 Å². The quantitative estimate of drug-likeness (QED) is 0.861. The molecule has 2 N–H and O–H groups in total. The van der Waals surface area contributed by atoms with Gasteiger partial charge in [-0.25, -0.2) is 0 Å². The molecule has 0 aromatic heterocycles. The van der Waals surface area contributed by atoms with Crippen molar-refractivity contribution in [2.24, 2.45) is 5.41 Å². The molecule has 6 heteroatoms. The van der Waals surface area contributed by atoms with Gasteiger partial charge in [0, 0.05) is 38.0 Å². The van der Waals surface area contributed by atoms with Gasteiger partial charge in [0.05, 0.1) is 12.0 Å². The van der Waals surface area contributed by atoms with Gasteiger partial charge in [-0.05, 0) is 43.7 Å². The van der Waals surface area contributed by atoms with Crippen molar-refractivity contribution in [3.8, 4) is 0 Å². The van der Waals surface area contributed by atoms with Crippen LogP contribution in [0.25, 0.3) is 0 Å². The van der Waals surface area contributed by atoms with Crippen molar-refractivity contribution in [3.63, 3.8) is 0 Å². The fraction of sp³-hybridized carbons (Fsp3) is 0.529. The van der Waals surface area contributed by atoms with Crippen LogP contribution in [0.4, 0.5) is 11.4 Å². The van der Waals surface area contributed by atoms with Crippen LogP contribution in [0.2, 0.25) is 0 Å². The summed E-state index contributed by atoms with van der Waals surface area (Å²) < 4.78 is 5.24. The summed E-state index contributed by atoms with van der Waals surface area (Å²) in [7, 11) is 1.62. The molecule has 1 aromatic carbocycles. The minimum Gasteiger partial charge on any atom is -0.384 e. The van der Waals surface area contributed by atoms with E-state index in [9.17, 15) is 9.59 Å². The molecule has 124 valence electrons. The highest BCUT2D eigenvalue weighted by Gasteiger charge is 2.41. The van der Waals surface area contributed by atoms with Gasteiger partial charge in [0.1, 0.15) is 0 Å². The van der Waals surface area contributed by atoms with E-state index in [0.717, 1.165) is 37.3 Å². The van der Waals surface area contributed by atoms with Crippen LogP contribution in [0.5, 0.6) is 0 Å². The molecule has 0 saturated carbocycles. The lowest BCUT2D eigenvalue weighted by molar-refractivity contribution is -0.127. The highest BCUT2D eigenvalue weighted by molar-refractivity contribution is 5.97. The van der Waals surface area contributed by atoms with Gasteiger partial charge in [-0.3, -0.25) is 9.59 Å². The molecular weight excluding hydrogens is 294 g/mol. The first-order valence-corrected chi connectivity index (χ1v) is 8.06. The summed E-state index contributed by atoms with van der Waals surface area (Å²) in [5, 5.41) is 6.21. The Morgan fingerprint density at radius 1 is 1.39 bits per heavy atom. The number of carbonyl (C=O) groups is 2. The maximum atomic E-state index is 12.6. The summed E-state index contributed by atoms with van der Waals surface area (Å²) in [4.78, 5) is 26.2. The van der Waals surface area contributed by atoms with E-state index >= 15 is 0 Å². The topological polar surface area (TPSA) is 70.7 Å². The molecule has 2 aliphatic heterocycles. The van der Waals surface area contributed by atoms with Crippen molar-refractivity contribution in [1.29, 1.82) is 0 Å². The zero-order valence-electron chi connectivity index (χ0n) is 13.4. The third-order valence-electron chi connectivity index (χ3n) is 4.66. The van der Waals surface area contributed by atoms with Crippen molar-refractivity contribution in [2.45, 2.75) is 19.3 Å². The van der Waals surface area contributed by atoms with Gasteiger partial charge in [-0.2, -0.15) is 0 Å². The summed E-state index contributed by atoms with van der Waals surface area (Å²) in [5.74, 6) is 0.146. The Morgan fingerprint density at radius 2 is 2.17 bits per heavy atom. The van der Waals surface area contributed by atoms with Gasteiger partial charge in [-0.15, -0.1) is 0 Å². The van der Waals surface area contributed by atoms with E-state index in [-0.39, 0.29) is 11.8 Å². The van der Waals surface area contributed by atoms with E-state index in [2.05, 4.69) is 10.6 Å². The molecule has 0 bridgehead atoms. The van der Waals surface area contributed by atoms with Crippen LogP contribution < -0.4 is 15.5 Å². The van der Waals surface area contributed by atoms with Gasteiger partial charge < -0.3 is 20.3 Å². The van der Waals surface area contributed by atoms with Crippen molar-refractivity contribution in [1.82, 2.24) is 5.32 Å². The smallest absolute Gasteiger partial charge is 0.234 e. The lowest BCUT2D eigenvalue weighted by Gasteiger charge is -2.26. The predicted molar refractivity (Wildman–Crippen MR) is 88.5 cm³/mol. The minimum atomic E-state index is -0.502. The third-order valence-corrected chi connectivity index (χ3v) is 4.66. The van der Waals surface area contributed by atoms with Crippen molar-refractivity contribution in [2.75, 3.05) is 43.6 Å². The third kappa shape index (κ3) is 3.23. The summed E-state index contributed by atoms with van der Waals surface area (Å²) in [6, 6.07) is 7.47. The molecule has 3 rings (SSSR count). The van der Waals surface area contributed by atoms with Crippen LogP contribution >= 0.6 is 0 Å². The maximum absolute atomic E-state index is 12.6. The molecule has 2 fully saturated rings. The monoisotopic (exact) mass is 317 g/mol. The van der Waals surface area contributed by atoms with E-state index in [0.29, 0.717) is 19.6 Å². The number of amides is 2. The van der Waals surface area contributed by atoms with Crippen molar-refractivity contribution < 1.29 is 14.3 Å². The minimum absolute atomic E-state index is 0.0191. The van der Waals surface area contributed by atoms with E-state index in [4.69, 9.17) is 4.74 Å². The van der Waals surface area contributed by atoms with E-state index in [1.165, 1.54) is 0 Å². The average molecular weight is 317 g/mol. The van der Waals surface area contributed by atoms with Crippen molar-refractivity contribution in [3.05, 3.63) is 24.3 Å². The summed E-state index contributed by atoms with van der Waals surface area (Å²) in [5.41, 5.74) is 1.13.